The molecular weight excluding hydrogens is 253 g/mol. The van der Waals surface area contributed by atoms with Crippen molar-refractivity contribution in [3.05, 3.63) is 52.2 Å². The molecule has 0 spiro atoms. The van der Waals surface area contributed by atoms with Gasteiger partial charge in [-0.05, 0) is 18.2 Å². The van der Waals surface area contributed by atoms with Gasteiger partial charge in [-0.15, -0.1) is 0 Å². The molecule has 0 aliphatic heterocycles. The normalized spacial score (nSPS) is 10.2. The van der Waals surface area contributed by atoms with Crippen LogP contribution in [-0.4, -0.2) is 22.8 Å². The van der Waals surface area contributed by atoms with Crippen LogP contribution in [0.3, 0.4) is 0 Å². The third-order valence-corrected chi connectivity index (χ3v) is 2.44. The minimum absolute atomic E-state index is 0.0318. The van der Waals surface area contributed by atoms with Crippen LogP contribution in [0.25, 0.3) is 5.69 Å². The average molecular weight is 263 g/mol. The van der Waals surface area contributed by atoms with Crippen LogP contribution in [0.2, 0.25) is 0 Å². The Morgan fingerprint density at radius 3 is 2.74 bits per heavy atom. The number of nitrogens with two attached hydrogens (primary N) is 1. The summed E-state index contributed by atoms with van der Waals surface area (Å²) >= 11 is 0. The molecule has 6 nitrogen and oxygen atoms in total. The Hall–Kier alpha value is -2.70. The highest BCUT2D eigenvalue weighted by Gasteiger charge is 2.14. The number of aromatic nitrogens is 2. The number of hydrogen-bond acceptors (Lipinski definition) is 4. The molecule has 98 valence electrons. The van der Waals surface area contributed by atoms with Gasteiger partial charge >= 0.3 is 0 Å². The van der Waals surface area contributed by atoms with Crippen molar-refractivity contribution in [3.8, 4) is 11.4 Å². The molecule has 1 aromatic heterocycles. The molecular formula is C12H10FN3O3. The molecule has 0 saturated carbocycles. The summed E-state index contributed by atoms with van der Waals surface area (Å²) in [5.74, 6) is -1.59. The van der Waals surface area contributed by atoms with Gasteiger partial charge in [-0.3, -0.25) is 9.59 Å². The van der Waals surface area contributed by atoms with Gasteiger partial charge in [-0.25, -0.2) is 4.39 Å². The fraction of sp³-hybridized carbons (Fsp3) is 0.0833. The van der Waals surface area contributed by atoms with Gasteiger partial charge in [0, 0.05) is 6.07 Å². The highest BCUT2D eigenvalue weighted by atomic mass is 19.1. The van der Waals surface area contributed by atoms with E-state index in [0.717, 1.165) is 10.7 Å². The van der Waals surface area contributed by atoms with Crippen molar-refractivity contribution in [2.24, 2.45) is 5.73 Å². The first-order valence-corrected chi connectivity index (χ1v) is 5.27. The quantitative estimate of drug-likeness (QED) is 0.872. The van der Waals surface area contributed by atoms with E-state index in [0.29, 0.717) is 0 Å². The molecule has 1 aromatic carbocycles. The first kappa shape index (κ1) is 12.7. The number of benzene rings is 1. The van der Waals surface area contributed by atoms with E-state index in [4.69, 9.17) is 10.5 Å². The number of halogens is 1. The molecule has 0 unspecified atom stereocenters. The van der Waals surface area contributed by atoms with Crippen LogP contribution < -0.4 is 16.0 Å². The summed E-state index contributed by atoms with van der Waals surface area (Å²) < 4.78 is 19.6. The van der Waals surface area contributed by atoms with Gasteiger partial charge < -0.3 is 10.5 Å². The lowest BCUT2D eigenvalue weighted by atomic mass is 10.3. The maximum Gasteiger partial charge on any atom is 0.271 e. The average Bonchev–Trinajstić information content (AvgIpc) is 2.39. The van der Waals surface area contributed by atoms with Crippen molar-refractivity contribution in [2.45, 2.75) is 0 Å². The van der Waals surface area contributed by atoms with Gasteiger partial charge in [0.2, 0.25) is 0 Å². The number of methoxy groups -OCH3 is 1. The molecule has 19 heavy (non-hydrogen) atoms. The monoisotopic (exact) mass is 263 g/mol. The maximum absolute atomic E-state index is 14.0. The first-order chi connectivity index (χ1) is 9.04. The lowest BCUT2D eigenvalue weighted by Gasteiger charge is -2.09. The summed E-state index contributed by atoms with van der Waals surface area (Å²) in [6.07, 6.45) is 0. The van der Waals surface area contributed by atoms with E-state index in [1.165, 1.54) is 31.4 Å². The number of primary amides is 1. The summed E-state index contributed by atoms with van der Waals surface area (Å²) in [6.45, 7) is 0. The standard InChI is InChI=1S/C12H10FN3O3/c1-19-9-4-2-3-8(11(9)13)16-10(17)6-5-7(15-16)12(14)18/h2-6H,1H3,(H2,14,18). The number of carbonyl (C=O) groups is 1. The second-order valence-corrected chi connectivity index (χ2v) is 3.63. The van der Waals surface area contributed by atoms with E-state index in [9.17, 15) is 14.0 Å². The third kappa shape index (κ3) is 2.30. The van der Waals surface area contributed by atoms with Crippen molar-refractivity contribution in [1.29, 1.82) is 0 Å². The van der Waals surface area contributed by atoms with Gasteiger partial charge in [0.1, 0.15) is 11.4 Å². The Labute approximate surface area is 107 Å². The van der Waals surface area contributed by atoms with Crippen molar-refractivity contribution in [1.82, 2.24) is 9.78 Å². The second-order valence-electron chi connectivity index (χ2n) is 3.63. The van der Waals surface area contributed by atoms with E-state index < -0.39 is 17.3 Å². The van der Waals surface area contributed by atoms with Crippen LogP contribution in [0.15, 0.2) is 35.1 Å². The predicted octanol–water partition coefficient (Wildman–Crippen LogP) is 0.479. The van der Waals surface area contributed by atoms with Crippen molar-refractivity contribution >= 4 is 5.91 Å². The van der Waals surface area contributed by atoms with E-state index in [1.807, 2.05) is 0 Å². The molecule has 0 atom stereocenters. The van der Waals surface area contributed by atoms with Gasteiger partial charge in [-0.1, -0.05) is 6.07 Å². The molecule has 0 aliphatic carbocycles. The zero-order valence-electron chi connectivity index (χ0n) is 9.96. The van der Waals surface area contributed by atoms with E-state index >= 15 is 0 Å². The van der Waals surface area contributed by atoms with Crippen molar-refractivity contribution in [2.75, 3.05) is 7.11 Å². The molecule has 2 aromatic rings. The third-order valence-electron chi connectivity index (χ3n) is 2.44. The van der Waals surface area contributed by atoms with E-state index in [2.05, 4.69) is 5.10 Å². The van der Waals surface area contributed by atoms with Gasteiger partial charge in [-0.2, -0.15) is 9.78 Å². The highest BCUT2D eigenvalue weighted by molar-refractivity contribution is 5.90. The van der Waals surface area contributed by atoms with Crippen LogP contribution in [-0.2, 0) is 0 Å². The lowest BCUT2D eigenvalue weighted by molar-refractivity contribution is 0.0994. The van der Waals surface area contributed by atoms with Crippen molar-refractivity contribution in [3.63, 3.8) is 0 Å². The Balaban J connectivity index is 2.68. The molecule has 1 heterocycles. The van der Waals surface area contributed by atoms with Gasteiger partial charge in [0.25, 0.3) is 11.5 Å². The molecule has 0 saturated heterocycles. The minimum atomic E-state index is -0.808. The Morgan fingerprint density at radius 2 is 2.11 bits per heavy atom. The smallest absolute Gasteiger partial charge is 0.271 e. The Morgan fingerprint density at radius 1 is 1.37 bits per heavy atom. The Kier molecular flexibility index (Phi) is 3.28. The summed E-state index contributed by atoms with van der Waals surface area (Å²) in [5, 5.41) is 3.71. The summed E-state index contributed by atoms with van der Waals surface area (Å²) in [4.78, 5) is 22.7. The molecule has 2 N–H and O–H groups in total. The zero-order chi connectivity index (χ0) is 14.0. The SMILES string of the molecule is COc1cccc(-n2nc(C(N)=O)ccc2=O)c1F. The molecule has 0 aliphatic rings. The zero-order valence-corrected chi connectivity index (χ0v) is 9.96. The summed E-state index contributed by atoms with van der Waals surface area (Å²) in [7, 11) is 1.30. The first-order valence-electron chi connectivity index (χ1n) is 5.27. The predicted molar refractivity (Wildman–Crippen MR) is 64.9 cm³/mol. The number of nitrogens with zero attached hydrogens (tertiary/aromatic N) is 2. The fourth-order valence-corrected chi connectivity index (χ4v) is 1.54. The summed E-state index contributed by atoms with van der Waals surface area (Å²) in [5.41, 5.74) is 4.23. The van der Waals surface area contributed by atoms with Crippen LogP contribution in [0.5, 0.6) is 5.75 Å². The molecule has 0 fully saturated rings. The fourth-order valence-electron chi connectivity index (χ4n) is 1.54. The number of ether oxygens (including phenoxy) is 1. The van der Waals surface area contributed by atoms with Crippen molar-refractivity contribution < 1.29 is 13.9 Å². The molecule has 2 rings (SSSR count). The second kappa shape index (κ2) is 4.89. The molecule has 1 amide bonds. The van der Waals surface area contributed by atoms with E-state index in [1.54, 1.807) is 0 Å². The minimum Gasteiger partial charge on any atom is -0.494 e. The van der Waals surface area contributed by atoms with Gasteiger partial charge in [0.15, 0.2) is 11.6 Å². The molecule has 0 radical (unpaired) electrons. The van der Waals surface area contributed by atoms with Crippen LogP contribution in [0, 0.1) is 5.82 Å². The lowest BCUT2D eigenvalue weighted by Crippen LogP contribution is -2.25. The van der Waals surface area contributed by atoms with Crippen LogP contribution >= 0.6 is 0 Å². The summed E-state index contributed by atoms with van der Waals surface area (Å²) in [6, 6.07) is 6.52. The van der Waals surface area contributed by atoms with E-state index in [-0.39, 0.29) is 17.1 Å². The number of rotatable bonds is 3. The maximum atomic E-state index is 14.0. The van der Waals surface area contributed by atoms with Gasteiger partial charge in [0.05, 0.1) is 7.11 Å². The molecule has 0 bridgehead atoms. The number of hydrogen-bond donors (Lipinski definition) is 1. The largest absolute Gasteiger partial charge is 0.494 e. The molecule has 7 heteroatoms. The highest BCUT2D eigenvalue weighted by Crippen LogP contribution is 2.21. The topological polar surface area (TPSA) is 87.2 Å². The number of amides is 1. The Bertz CT molecular complexity index is 697. The number of carbonyl (C=O) groups excluding carboxylic acids is 1. The van der Waals surface area contributed by atoms with Crippen LogP contribution in [0.4, 0.5) is 4.39 Å². The van der Waals surface area contributed by atoms with Crippen LogP contribution in [0.1, 0.15) is 10.5 Å².